The summed E-state index contributed by atoms with van der Waals surface area (Å²) in [5.41, 5.74) is 0. The highest BCUT2D eigenvalue weighted by molar-refractivity contribution is 14.1. The van der Waals surface area contributed by atoms with E-state index >= 15 is 0 Å². The highest BCUT2D eigenvalue weighted by Gasteiger charge is 2.08. The van der Waals surface area contributed by atoms with Crippen LogP contribution < -0.4 is 5.14 Å². The van der Waals surface area contributed by atoms with Crippen LogP contribution in [0.1, 0.15) is 0 Å². The minimum absolute atomic E-state index is 0.126. The van der Waals surface area contributed by atoms with Gasteiger partial charge in [-0.1, -0.05) is 15.9 Å². The standard InChI is InChI=1S/C6H5BrINO2S/c7-4-1-5(8)3-6(2-4)12(9,10)11/h1-3H,(H2,9,10,11). The van der Waals surface area contributed by atoms with Gasteiger partial charge in [-0.25, -0.2) is 13.6 Å². The molecule has 0 radical (unpaired) electrons. The molecule has 0 fully saturated rings. The van der Waals surface area contributed by atoms with E-state index in [-0.39, 0.29) is 4.90 Å². The molecule has 12 heavy (non-hydrogen) atoms. The van der Waals surface area contributed by atoms with Crippen LogP contribution >= 0.6 is 38.5 Å². The largest absolute Gasteiger partial charge is 0.238 e. The molecule has 0 aliphatic rings. The van der Waals surface area contributed by atoms with Gasteiger partial charge in [-0.2, -0.15) is 0 Å². The van der Waals surface area contributed by atoms with Crippen LogP contribution in [-0.2, 0) is 10.0 Å². The Morgan fingerprint density at radius 3 is 2.33 bits per heavy atom. The quantitative estimate of drug-likeness (QED) is 0.774. The van der Waals surface area contributed by atoms with E-state index in [9.17, 15) is 8.42 Å². The Kier molecular flexibility index (Phi) is 3.13. The topological polar surface area (TPSA) is 60.2 Å². The van der Waals surface area contributed by atoms with Crippen molar-refractivity contribution >= 4 is 48.5 Å². The van der Waals surface area contributed by atoms with E-state index in [1.807, 2.05) is 22.6 Å². The average molecular weight is 362 g/mol. The van der Waals surface area contributed by atoms with Gasteiger partial charge in [0.1, 0.15) is 0 Å². The minimum atomic E-state index is -3.58. The summed E-state index contributed by atoms with van der Waals surface area (Å²) in [6, 6.07) is 4.79. The summed E-state index contributed by atoms with van der Waals surface area (Å²) in [7, 11) is -3.58. The normalized spacial score (nSPS) is 11.6. The molecule has 6 heteroatoms. The second kappa shape index (κ2) is 3.60. The molecule has 0 saturated heterocycles. The van der Waals surface area contributed by atoms with Crippen molar-refractivity contribution in [3.8, 4) is 0 Å². The van der Waals surface area contributed by atoms with Crippen LogP contribution in [0.2, 0.25) is 0 Å². The minimum Gasteiger partial charge on any atom is -0.225 e. The number of sulfonamides is 1. The Hall–Kier alpha value is 0.340. The lowest BCUT2D eigenvalue weighted by Crippen LogP contribution is -2.12. The van der Waals surface area contributed by atoms with E-state index in [1.165, 1.54) is 12.1 Å². The predicted molar refractivity (Wildman–Crippen MR) is 58.2 cm³/mol. The first-order valence-corrected chi connectivity index (χ1v) is 6.30. The Labute approximate surface area is 92.7 Å². The summed E-state index contributed by atoms with van der Waals surface area (Å²) in [5, 5.41) is 4.94. The Bertz CT molecular complexity index is 384. The summed E-state index contributed by atoms with van der Waals surface area (Å²) < 4.78 is 23.3. The van der Waals surface area contributed by atoms with Crippen LogP contribution in [0.4, 0.5) is 0 Å². The van der Waals surface area contributed by atoms with Crippen LogP contribution in [0.3, 0.4) is 0 Å². The van der Waals surface area contributed by atoms with E-state index < -0.39 is 10.0 Å². The van der Waals surface area contributed by atoms with Crippen molar-refractivity contribution in [3.63, 3.8) is 0 Å². The maximum Gasteiger partial charge on any atom is 0.238 e. The number of primary sulfonamides is 1. The summed E-state index contributed by atoms with van der Waals surface area (Å²) >= 11 is 5.20. The molecule has 66 valence electrons. The van der Waals surface area contributed by atoms with E-state index in [4.69, 9.17) is 5.14 Å². The SMILES string of the molecule is NS(=O)(=O)c1cc(Br)cc(I)c1. The molecule has 2 N–H and O–H groups in total. The summed E-state index contributed by atoms with van der Waals surface area (Å²) in [4.78, 5) is 0.126. The van der Waals surface area contributed by atoms with Crippen LogP contribution in [0.15, 0.2) is 27.6 Å². The number of nitrogens with two attached hydrogens (primary N) is 1. The van der Waals surface area contributed by atoms with E-state index in [0.717, 1.165) is 3.57 Å². The lowest BCUT2D eigenvalue weighted by Gasteiger charge is -1.99. The van der Waals surface area contributed by atoms with Gasteiger partial charge in [0.2, 0.25) is 10.0 Å². The summed E-state index contributed by atoms with van der Waals surface area (Å²) in [5.74, 6) is 0. The highest BCUT2D eigenvalue weighted by atomic mass is 127. The van der Waals surface area contributed by atoms with Gasteiger partial charge in [0.25, 0.3) is 0 Å². The fraction of sp³-hybridized carbons (Fsp3) is 0. The van der Waals surface area contributed by atoms with Crippen molar-refractivity contribution in [1.29, 1.82) is 0 Å². The number of hydrogen-bond donors (Lipinski definition) is 1. The lowest BCUT2D eigenvalue weighted by molar-refractivity contribution is 0.597. The highest BCUT2D eigenvalue weighted by Crippen LogP contribution is 2.19. The lowest BCUT2D eigenvalue weighted by atomic mass is 10.4. The van der Waals surface area contributed by atoms with Gasteiger partial charge >= 0.3 is 0 Å². The van der Waals surface area contributed by atoms with Gasteiger partial charge < -0.3 is 0 Å². The van der Waals surface area contributed by atoms with Gasteiger partial charge in [-0.3, -0.25) is 0 Å². The third-order valence-electron chi connectivity index (χ3n) is 1.16. The second-order valence-corrected chi connectivity index (χ2v) is 5.87. The van der Waals surface area contributed by atoms with Crippen molar-refractivity contribution in [1.82, 2.24) is 0 Å². The zero-order valence-corrected chi connectivity index (χ0v) is 10.4. The monoisotopic (exact) mass is 361 g/mol. The number of benzene rings is 1. The predicted octanol–water partition coefficient (Wildman–Crippen LogP) is 1.70. The molecule has 0 aliphatic carbocycles. The fourth-order valence-electron chi connectivity index (χ4n) is 0.693. The molecular formula is C6H5BrINO2S. The molecule has 0 heterocycles. The van der Waals surface area contributed by atoms with Crippen molar-refractivity contribution < 1.29 is 8.42 Å². The number of halogens is 2. The Morgan fingerprint density at radius 1 is 1.33 bits per heavy atom. The first kappa shape index (κ1) is 10.4. The van der Waals surface area contributed by atoms with E-state index in [1.54, 1.807) is 6.07 Å². The van der Waals surface area contributed by atoms with E-state index in [2.05, 4.69) is 15.9 Å². The summed E-state index contributed by atoms with van der Waals surface area (Å²) in [6.45, 7) is 0. The molecule has 0 amide bonds. The number of rotatable bonds is 1. The molecule has 1 aromatic rings. The van der Waals surface area contributed by atoms with Gasteiger partial charge in [0.15, 0.2) is 0 Å². The Balaban J connectivity index is 3.37. The third kappa shape index (κ3) is 2.68. The van der Waals surface area contributed by atoms with Gasteiger partial charge in [0.05, 0.1) is 4.90 Å². The van der Waals surface area contributed by atoms with E-state index in [0.29, 0.717) is 4.47 Å². The van der Waals surface area contributed by atoms with Gasteiger partial charge in [0, 0.05) is 8.04 Å². The van der Waals surface area contributed by atoms with Crippen LogP contribution in [-0.4, -0.2) is 8.42 Å². The molecule has 0 bridgehead atoms. The van der Waals surface area contributed by atoms with Gasteiger partial charge in [-0.15, -0.1) is 0 Å². The van der Waals surface area contributed by atoms with Crippen LogP contribution in [0, 0.1) is 3.57 Å². The smallest absolute Gasteiger partial charge is 0.225 e. The molecular weight excluding hydrogens is 357 g/mol. The molecule has 0 spiro atoms. The molecule has 0 saturated carbocycles. The summed E-state index contributed by atoms with van der Waals surface area (Å²) in [6.07, 6.45) is 0. The average Bonchev–Trinajstić information content (AvgIpc) is 1.82. The zero-order valence-electron chi connectivity index (χ0n) is 5.79. The van der Waals surface area contributed by atoms with Gasteiger partial charge in [-0.05, 0) is 40.8 Å². The Morgan fingerprint density at radius 2 is 1.92 bits per heavy atom. The molecule has 0 unspecified atom stereocenters. The molecule has 1 rings (SSSR count). The van der Waals surface area contributed by atoms with Crippen molar-refractivity contribution in [2.45, 2.75) is 4.90 Å². The second-order valence-electron chi connectivity index (χ2n) is 2.15. The third-order valence-corrected chi connectivity index (χ3v) is 3.14. The van der Waals surface area contributed by atoms with Crippen molar-refractivity contribution in [2.24, 2.45) is 5.14 Å². The van der Waals surface area contributed by atoms with Crippen LogP contribution in [0.25, 0.3) is 0 Å². The van der Waals surface area contributed by atoms with Crippen molar-refractivity contribution in [2.75, 3.05) is 0 Å². The number of hydrogen-bond acceptors (Lipinski definition) is 2. The molecule has 0 aliphatic heterocycles. The maximum atomic E-state index is 10.9. The first-order valence-electron chi connectivity index (χ1n) is 2.88. The zero-order chi connectivity index (χ0) is 9.35. The molecule has 1 aromatic carbocycles. The molecule has 0 aromatic heterocycles. The van der Waals surface area contributed by atoms with Crippen molar-refractivity contribution in [3.05, 3.63) is 26.2 Å². The maximum absolute atomic E-state index is 10.9. The molecule has 0 atom stereocenters. The fourth-order valence-corrected chi connectivity index (χ4v) is 3.23. The molecule has 3 nitrogen and oxygen atoms in total. The first-order chi connectivity index (χ1) is 5.39. The van der Waals surface area contributed by atoms with Crippen LogP contribution in [0.5, 0.6) is 0 Å².